The molecule has 0 amide bonds. The van der Waals surface area contributed by atoms with Crippen molar-refractivity contribution in [2.75, 3.05) is 6.54 Å². The second kappa shape index (κ2) is 7.15. The molecule has 0 spiro atoms. The van der Waals surface area contributed by atoms with Gasteiger partial charge in [-0.3, -0.25) is 4.90 Å². The highest BCUT2D eigenvalue weighted by atomic mass is 35.5. The number of hydrogen-bond acceptors (Lipinski definition) is 2. The first-order chi connectivity index (χ1) is 9.74. The van der Waals surface area contributed by atoms with Gasteiger partial charge in [0.05, 0.1) is 0 Å². The number of rotatable bonds is 5. The molecule has 1 aromatic carbocycles. The highest BCUT2D eigenvalue weighted by Gasteiger charge is 2.43. The zero-order valence-corrected chi connectivity index (χ0v) is 14.6. The fourth-order valence-electron chi connectivity index (χ4n) is 3.22. The Morgan fingerprint density at radius 3 is 2.38 bits per heavy atom. The summed E-state index contributed by atoms with van der Waals surface area (Å²) in [5.41, 5.74) is 1.65. The molecule has 4 heteroatoms. The molecule has 114 valence electrons. The molecule has 0 radical (unpaired) electrons. The van der Waals surface area contributed by atoms with Gasteiger partial charge in [-0.1, -0.05) is 36.7 Å². The Hall–Kier alpha value is -0.540. The smallest absolute Gasteiger partial charge is 0.0464 e. The van der Waals surface area contributed by atoms with Crippen LogP contribution >= 0.6 is 35.3 Å². The summed E-state index contributed by atoms with van der Waals surface area (Å²) in [6.07, 6.45) is 3.84. The van der Waals surface area contributed by atoms with Crippen LogP contribution in [0.2, 0.25) is 5.02 Å². The van der Waals surface area contributed by atoms with E-state index < -0.39 is 0 Å². The highest BCUT2D eigenvalue weighted by Crippen LogP contribution is 2.47. The summed E-state index contributed by atoms with van der Waals surface area (Å²) in [5.74, 6) is 0. The van der Waals surface area contributed by atoms with Crippen LogP contribution in [-0.2, 0) is 12.1 Å². The number of benzene rings is 1. The maximum atomic E-state index is 6.04. The quantitative estimate of drug-likeness (QED) is 0.671. The molecule has 1 aliphatic rings. The van der Waals surface area contributed by atoms with Crippen molar-refractivity contribution < 1.29 is 0 Å². The van der Waals surface area contributed by atoms with Gasteiger partial charge in [-0.15, -0.1) is 23.7 Å². The van der Waals surface area contributed by atoms with Crippen molar-refractivity contribution >= 4 is 35.3 Å². The van der Waals surface area contributed by atoms with Crippen molar-refractivity contribution in [3.05, 3.63) is 57.2 Å². The molecule has 1 fully saturated rings. The third kappa shape index (κ3) is 3.29. The molecular weight excluding hydrogens is 321 g/mol. The summed E-state index contributed by atoms with van der Waals surface area (Å²) in [5, 5.41) is 2.99. The molecular formula is C17H21Cl2NS. The van der Waals surface area contributed by atoms with E-state index >= 15 is 0 Å². The second-order valence-electron chi connectivity index (χ2n) is 5.49. The van der Waals surface area contributed by atoms with E-state index in [4.69, 9.17) is 11.6 Å². The van der Waals surface area contributed by atoms with Crippen LogP contribution in [0.3, 0.4) is 0 Å². The number of halogens is 2. The predicted octanol–water partition coefficient (Wildman–Crippen LogP) is 5.72. The van der Waals surface area contributed by atoms with Crippen LogP contribution in [0, 0.1) is 0 Å². The summed E-state index contributed by atoms with van der Waals surface area (Å²) in [7, 11) is 0. The summed E-state index contributed by atoms with van der Waals surface area (Å²) in [6, 6.07) is 12.8. The molecule has 0 aliphatic heterocycles. The minimum atomic E-state index is 0. The Balaban J connectivity index is 0.00000161. The minimum Gasteiger partial charge on any atom is -0.289 e. The van der Waals surface area contributed by atoms with Crippen LogP contribution in [0.25, 0.3) is 0 Å². The zero-order chi connectivity index (χ0) is 14.0. The molecule has 1 aromatic heterocycles. The van der Waals surface area contributed by atoms with Gasteiger partial charge in [0.1, 0.15) is 0 Å². The molecule has 0 N–H and O–H groups in total. The Kier molecular flexibility index (Phi) is 5.73. The SMILES string of the molecule is CCN(Cc1cccs1)C1(c2ccc(Cl)cc2)CCC1.Cl. The topological polar surface area (TPSA) is 3.24 Å². The van der Waals surface area contributed by atoms with Crippen LogP contribution in [0.4, 0.5) is 0 Å². The van der Waals surface area contributed by atoms with Gasteiger partial charge in [-0.2, -0.15) is 0 Å². The van der Waals surface area contributed by atoms with Gasteiger partial charge in [0.15, 0.2) is 0 Å². The fourth-order valence-corrected chi connectivity index (χ4v) is 4.06. The maximum Gasteiger partial charge on any atom is 0.0464 e. The van der Waals surface area contributed by atoms with Crippen molar-refractivity contribution in [3.63, 3.8) is 0 Å². The van der Waals surface area contributed by atoms with E-state index in [2.05, 4.69) is 41.5 Å². The Bertz CT molecular complexity index is 547. The molecule has 3 rings (SSSR count). The average molecular weight is 342 g/mol. The normalized spacial score (nSPS) is 16.3. The monoisotopic (exact) mass is 341 g/mol. The minimum absolute atomic E-state index is 0. The molecule has 1 heterocycles. The van der Waals surface area contributed by atoms with Crippen molar-refractivity contribution in [1.82, 2.24) is 4.90 Å². The van der Waals surface area contributed by atoms with Crippen LogP contribution < -0.4 is 0 Å². The Morgan fingerprint density at radius 1 is 1.19 bits per heavy atom. The standard InChI is InChI=1S/C17H20ClNS.ClH/c1-2-19(13-16-5-3-12-20-16)17(10-4-11-17)14-6-8-15(18)9-7-14;/h3,5-9,12H,2,4,10-11,13H2,1H3;1H. The first kappa shape index (κ1) is 16.8. The highest BCUT2D eigenvalue weighted by molar-refractivity contribution is 7.09. The van der Waals surface area contributed by atoms with Gasteiger partial charge >= 0.3 is 0 Å². The van der Waals surface area contributed by atoms with Crippen LogP contribution in [-0.4, -0.2) is 11.4 Å². The average Bonchev–Trinajstić information content (AvgIpc) is 2.91. The van der Waals surface area contributed by atoms with Gasteiger partial charge in [0, 0.05) is 22.0 Å². The van der Waals surface area contributed by atoms with Gasteiger partial charge < -0.3 is 0 Å². The molecule has 0 saturated heterocycles. The third-order valence-corrected chi connectivity index (χ3v) is 5.59. The summed E-state index contributed by atoms with van der Waals surface area (Å²) >= 11 is 7.89. The van der Waals surface area contributed by atoms with Crippen LogP contribution in [0.15, 0.2) is 41.8 Å². The molecule has 0 bridgehead atoms. The first-order valence-electron chi connectivity index (χ1n) is 7.28. The van der Waals surface area contributed by atoms with E-state index in [0.717, 1.165) is 18.1 Å². The molecule has 1 aliphatic carbocycles. The molecule has 1 nitrogen and oxygen atoms in total. The van der Waals surface area contributed by atoms with Crippen molar-refractivity contribution in [1.29, 1.82) is 0 Å². The number of nitrogens with zero attached hydrogens (tertiary/aromatic N) is 1. The molecule has 1 saturated carbocycles. The lowest BCUT2D eigenvalue weighted by Gasteiger charge is -2.50. The number of thiophene rings is 1. The van der Waals surface area contributed by atoms with Gasteiger partial charge in [-0.05, 0) is 54.9 Å². The molecule has 21 heavy (non-hydrogen) atoms. The van der Waals surface area contributed by atoms with E-state index in [1.165, 1.54) is 29.7 Å². The second-order valence-corrected chi connectivity index (χ2v) is 6.95. The van der Waals surface area contributed by atoms with E-state index in [1.54, 1.807) is 0 Å². The van der Waals surface area contributed by atoms with Gasteiger partial charge in [0.2, 0.25) is 0 Å². The van der Waals surface area contributed by atoms with Gasteiger partial charge in [0.25, 0.3) is 0 Å². The van der Waals surface area contributed by atoms with E-state index in [1.807, 2.05) is 23.5 Å². The summed E-state index contributed by atoms with van der Waals surface area (Å²) in [6.45, 7) is 4.40. The largest absolute Gasteiger partial charge is 0.289 e. The van der Waals surface area contributed by atoms with Crippen LogP contribution in [0.1, 0.15) is 36.6 Å². The maximum absolute atomic E-state index is 6.04. The fraction of sp³-hybridized carbons (Fsp3) is 0.412. The summed E-state index contributed by atoms with van der Waals surface area (Å²) in [4.78, 5) is 4.08. The predicted molar refractivity (Wildman–Crippen MR) is 94.6 cm³/mol. The van der Waals surface area contributed by atoms with E-state index in [-0.39, 0.29) is 17.9 Å². The third-order valence-electron chi connectivity index (χ3n) is 4.48. The molecule has 2 aromatic rings. The lowest BCUT2D eigenvalue weighted by Crippen LogP contribution is -2.50. The Labute approximate surface area is 142 Å². The summed E-state index contributed by atoms with van der Waals surface area (Å²) < 4.78 is 0. The molecule has 0 unspecified atom stereocenters. The number of hydrogen-bond donors (Lipinski definition) is 0. The van der Waals surface area contributed by atoms with Crippen LogP contribution in [0.5, 0.6) is 0 Å². The van der Waals surface area contributed by atoms with Gasteiger partial charge in [-0.25, -0.2) is 0 Å². The molecule has 0 atom stereocenters. The lowest BCUT2D eigenvalue weighted by molar-refractivity contribution is 0.00964. The zero-order valence-electron chi connectivity index (χ0n) is 12.2. The lowest BCUT2D eigenvalue weighted by atomic mass is 9.70. The van der Waals surface area contributed by atoms with E-state index in [0.29, 0.717) is 0 Å². The van der Waals surface area contributed by atoms with Crippen molar-refractivity contribution in [2.24, 2.45) is 0 Å². The van der Waals surface area contributed by atoms with E-state index in [9.17, 15) is 0 Å². The van der Waals surface area contributed by atoms with Crippen molar-refractivity contribution in [2.45, 2.75) is 38.3 Å². The first-order valence-corrected chi connectivity index (χ1v) is 8.54. The Morgan fingerprint density at radius 2 is 1.90 bits per heavy atom. The van der Waals surface area contributed by atoms with Crippen molar-refractivity contribution in [3.8, 4) is 0 Å².